The van der Waals surface area contributed by atoms with Crippen molar-refractivity contribution in [1.82, 2.24) is 0 Å². The van der Waals surface area contributed by atoms with E-state index in [2.05, 4.69) is 0 Å². The predicted molar refractivity (Wildman–Crippen MR) is 108 cm³/mol. The number of aryl methyl sites for hydroxylation is 1. The molecular formula is C21H21NO7S. The van der Waals surface area contributed by atoms with Crippen LogP contribution in [0.4, 0.5) is 0 Å². The summed E-state index contributed by atoms with van der Waals surface area (Å²) in [6.45, 7) is 2.07. The zero-order chi connectivity index (χ0) is 22.1. The maximum Gasteiger partial charge on any atom is 0.348 e. The minimum absolute atomic E-state index is 0.00435. The van der Waals surface area contributed by atoms with Crippen molar-refractivity contribution in [2.45, 2.75) is 11.8 Å². The normalized spacial score (nSPS) is 11.5. The molecule has 0 aliphatic rings. The van der Waals surface area contributed by atoms with E-state index in [1.807, 2.05) is 6.92 Å². The van der Waals surface area contributed by atoms with E-state index < -0.39 is 16.1 Å². The lowest BCUT2D eigenvalue weighted by atomic mass is 10.1. The minimum Gasteiger partial charge on any atom is -0.493 e. The molecule has 158 valence electrons. The van der Waals surface area contributed by atoms with Gasteiger partial charge in [-0.3, -0.25) is 0 Å². The quantitative estimate of drug-likeness (QED) is 0.196. The van der Waals surface area contributed by atoms with Crippen molar-refractivity contribution in [2.24, 2.45) is 0 Å². The van der Waals surface area contributed by atoms with Gasteiger partial charge in [-0.1, -0.05) is 23.8 Å². The largest absolute Gasteiger partial charge is 0.493 e. The van der Waals surface area contributed by atoms with Crippen molar-refractivity contribution < 1.29 is 31.6 Å². The average Bonchev–Trinajstić information content (AvgIpc) is 2.73. The second-order valence-corrected chi connectivity index (χ2v) is 7.61. The minimum atomic E-state index is -4.06. The molecule has 0 saturated carbocycles. The predicted octanol–water partition coefficient (Wildman–Crippen LogP) is 2.87. The van der Waals surface area contributed by atoms with E-state index in [0.29, 0.717) is 5.56 Å². The van der Waals surface area contributed by atoms with Crippen LogP contribution >= 0.6 is 0 Å². The highest BCUT2D eigenvalue weighted by Gasteiger charge is 2.19. The first-order valence-corrected chi connectivity index (χ1v) is 10.2. The van der Waals surface area contributed by atoms with Crippen LogP contribution in [0, 0.1) is 18.3 Å². The summed E-state index contributed by atoms with van der Waals surface area (Å²) in [4.78, 5) is 11.9. The van der Waals surface area contributed by atoms with Crippen molar-refractivity contribution in [3.05, 3.63) is 59.2 Å². The number of methoxy groups -OCH3 is 2. The summed E-state index contributed by atoms with van der Waals surface area (Å²) in [5, 5.41) is 9.21. The highest BCUT2D eigenvalue weighted by Crippen LogP contribution is 2.31. The lowest BCUT2D eigenvalue weighted by molar-refractivity contribution is -0.139. The first-order valence-electron chi connectivity index (χ1n) is 8.77. The molecule has 8 nitrogen and oxygen atoms in total. The number of rotatable bonds is 9. The molecule has 0 aliphatic heterocycles. The van der Waals surface area contributed by atoms with Gasteiger partial charge >= 0.3 is 16.1 Å². The maximum atomic E-state index is 12.5. The molecule has 0 aromatic heterocycles. The molecule has 2 aromatic rings. The fourth-order valence-corrected chi connectivity index (χ4v) is 3.25. The lowest BCUT2D eigenvalue weighted by Crippen LogP contribution is -2.11. The maximum absolute atomic E-state index is 12.5. The highest BCUT2D eigenvalue weighted by atomic mass is 32.2. The number of ether oxygens (including phenoxy) is 3. The van der Waals surface area contributed by atoms with Gasteiger partial charge in [0.25, 0.3) is 0 Å². The van der Waals surface area contributed by atoms with Gasteiger partial charge in [0.2, 0.25) is 0 Å². The summed E-state index contributed by atoms with van der Waals surface area (Å²) in [7, 11) is -1.26. The molecule has 0 spiro atoms. The molecule has 0 unspecified atom stereocenters. The van der Waals surface area contributed by atoms with Crippen LogP contribution in [-0.2, 0) is 24.4 Å². The van der Waals surface area contributed by atoms with E-state index in [0.717, 1.165) is 5.56 Å². The van der Waals surface area contributed by atoms with Crippen LogP contribution in [0.5, 0.6) is 11.5 Å². The number of hydrogen-bond acceptors (Lipinski definition) is 8. The van der Waals surface area contributed by atoms with E-state index in [4.69, 9.17) is 18.4 Å². The fraction of sp³-hybridized carbons (Fsp3) is 0.238. The standard InChI is InChI=1S/C21H21NO7S/c1-15-4-7-18(8-5-15)30(24,25)29-19-9-6-16(13-20(19)27-3)12-17(14-22)21(23)28-11-10-26-2/h4-9,12-13H,10-11H2,1-3H3/b17-12+. The van der Waals surface area contributed by atoms with E-state index in [9.17, 15) is 18.5 Å². The Morgan fingerprint density at radius 1 is 1.07 bits per heavy atom. The molecule has 9 heteroatoms. The van der Waals surface area contributed by atoms with Gasteiger partial charge in [-0.05, 0) is 42.8 Å². The molecular weight excluding hydrogens is 410 g/mol. The molecule has 0 fully saturated rings. The zero-order valence-corrected chi connectivity index (χ0v) is 17.6. The second kappa shape index (κ2) is 10.4. The van der Waals surface area contributed by atoms with Gasteiger partial charge in [0.1, 0.15) is 23.1 Å². The van der Waals surface area contributed by atoms with Crippen LogP contribution in [0.15, 0.2) is 52.9 Å². The van der Waals surface area contributed by atoms with Crippen molar-refractivity contribution in [1.29, 1.82) is 5.26 Å². The number of nitrogens with zero attached hydrogens (tertiary/aromatic N) is 1. The molecule has 2 aromatic carbocycles. The summed E-state index contributed by atoms with van der Waals surface area (Å²) in [6.07, 6.45) is 1.30. The van der Waals surface area contributed by atoms with Crippen LogP contribution in [0.1, 0.15) is 11.1 Å². The average molecular weight is 431 g/mol. The Labute approximate surface area is 175 Å². The molecule has 0 atom stereocenters. The Morgan fingerprint density at radius 2 is 1.77 bits per heavy atom. The molecule has 0 N–H and O–H groups in total. The molecule has 0 amide bonds. The summed E-state index contributed by atoms with van der Waals surface area (Å²) in [6, 6.07) is 12.3. The Kier molecular flexibility index (Phi) is 7.98. The van der Waals surface area contributed by atoms with E-state index >= 15 is 0 Å². The van der Waals surface area contributed by atoms with Crippen LogP contribution in [0.3, 0.4) is 0 Å². The van der Waals surface area contributed by atoms with E-state index in [1.165, 1.54) is 50.6 Å². The van der Waals surface area contributed by atoms with Crippen LogP contribution < -0.4 is 8.92 Å². The summed E-state index contributed by atoms with van der Waals surface area (Å²) < 4.78 is 45.1. The van der Waals surface area contributed by atoms with Crippen molar-refractivity contribution in [2.75, 3.05) is 27.4 Å². The molecule has 0 aliphatic carbocycles. The SMILES string of the molecule is COCCOC(=O)/C(C#N)=C/c1ccc(OS(=O)(=O)c2ccc(C)cc2)c(OC)c1. The van der Waals surface area contributed by atoms with Crippen molar-refractivity contribution >= 4 is 22.2 Å². The number of carbonyl (C=O) groups excluding carboxylic acids is 1. The summed E-state index contributed by atoms with van der Waals surface area (Å²) in [5.41, 5.74) is 1.11. The Bertz CT molecular complexity index is 1070. The topological polar surface area (TPSA) is 112 Å². The van der Waals surface area contributed by atoms with Crippen LogP contribution in [-0.4, -0.2) is 41.8 Å². The third kappa shape index (κ3) is 6.07. The first-order chi connectivity index (χ1) is 14.3. The van der Waals surface area contributed by atoms with Crippen molar-refractivity contribution in [3.8, 4) is 17.6 Å². The van der Waals surface area contributed by atoms with E-state index in [-0.39, 0.29) is 35.2 Å². The van der Waals surface area contributed by atoms with Gasteiger partial charge < -0.3 is 18.4 Å². The lowest BCUT2D eigenvalue weighted by Gasteiger charge is -2.11. The zero-order valence-electron chi connectivity index (χ0n) is 16.7. The molecule has 0 heterocycles. The summed E-state index contributed by atoms with van der Waals surface area (Å²) >= 11 is 0. The molecule has 30 heavy (non-hydrogen) atoms. The van der Waals surface area contributed by atoms with Crippen LogP contribution in [0.2, 0.25) is 0 Å². The summed E-state index contributed by atoms with van der Waals surface area (Å²) in [5.74, 6) is -0.711. The third-order valence-electron chi connectivity index (χ3n) is 3.87. The van der Waals surface area contributed by atoms with Gasteiger partial charge in [0, 0.05) is 7.11 Å². The Hall–Kier alpha value is -3.35. The monoisotopic (exact) mass is 431 g/mol. The molecule has 0 bridgehead atoms. The molecule has 0 radical (unpaired) electrons. The number of nitriles is 1. The van der Waals surface area contributed by atoms with Crippen molar-refractivity contribution in [3.63, 3.8) is 0 Å². The van der Waals surface area contributed by atoms with Gasteiger partial charge in [-0.25, -0.2) is 4.79 Å². The Morgan fingerprint density at radius 3 is 2.37 bits per heavy atom. The number of hydrogen-bond donors (Lipinski definition) is 0. The van der Waals surface area contributed by atoms with Gasteiger partial charge in [0.15, 0.2) is 11.5 Å². The van der Waals surface area contributed by atoms with E-state index in [1.54, 1.807) is 18.2 Å². The number of esters is 1. The van der Waals surface area contributed by atoms with Gasteiger partial charge in [-0.2, -0.15) is 13.7 Å². The van der Waals surface area contributed by atoms with Gasteiger partial charge in [-0.15, -0.1) is 0 Å². The first kappa shape index (κ1) is 22.9. The smallest absolute Gasteiger partial charge is 0.348 e. The fourth-order valence-electron chi connectivity index (χ4n) is 2.31. The third-order valence-corrected chi connectivity index (χ3v) is 5.12. The number of carbonyl (C=O) groups is 1. The number of benzene rings is 2. The molecule has 2 rings (SSSR count). The Balaban J connectivity index is 2.26. The molecule has 0 saturated heterocycles. The van der Waals surface area contributed by atoms with Gasteiger partial charge in [0.05, 0.1) is 13.7 Å². The second-order valence-electron chi connectivity index (χ2n) is 6.06. The van der Waals surface area contributed by atoms with Crippen LogP contribution in [0.25, 0.3) is 6.08 Å². The highest BCUT2D eigenvalue weighted by molar-refractivity contribution is 7.87.